The molecule has 11 heavy (non-hydrogen) atoms. The topological polar surface area (TPSA) is 3.24 Å². The molecule has 1 unspecified atom stereocenters. The Hall–Kier alpha value is -0.270. The van der Waals surface area contributed by atoms with Gasteiger partial charge in [0, 0.05) is 25.0 Å². The van der Waals surface area contributed by atoms with Crippen LogP contribution in [0.1, 0.15) is 6.92 Å². The van der Waals surface area contributed by atoms with E-state index in [2.05, 4.69) is 25.0 Å². The van der Waals surface area contributed by atoms with Crippen LogP contribution in [0.15, 0.2) is 25.3 Å². The first kappa shape index (κ1) is 10.7. The van der Waals surface area contributed by atoms with Crippen LogP contribution in [0.2, 0.25) is 0 Å². The van der Waals surface area contributed by atoms with Crippen LogP contribution >= 0.6 is 11.6 Å². The minimum Gasteiger partial charge on any atom is -0.292 e. The van der Waals surface area contributed by atoms with Crippen molar-refractivity contribution >= 4 is 11.6 Å². The van der Waals surface area contributed by atoms with E-state index >= 15 is 0 Å². The smallest absolute Gasteiger partial charge is 0.0377 e. The summed E-state index contributed by atoms with van der Waals surface area (Å²) in [7, 11) is 0. The molecule has 0 bridgehead atoms. The summed E-state index contributed by atoms with van der Waals surface area (Å²) in [5, 5.41) is 0. The van der Waals surface area contributed by atoms with Gasteiger partial charge in [-0.15, -0.1) is 24.8 Å². The molecular formula is C9H16ClN. The highest BCUT2D eigenvalue weighted by Crippen LogP contribution is 2.00. The van der Waals surface area contributed by atoms with Gasteiger partial charge in [0.1, 0.15) is 0 Å². The Kier molecular flexibility index (Phi) is 6.28. The molecular weight excluding hydrogens is 158 g/mol. The molecule has 0 aromatic rings. The van der Waals surface area contributed by atoms with Gasteiger partial charge in [-0.05, 0) is 6.92 Å². The highest BCUT2D eigenvalue weighted by molar-refractivity contribution is 6.18. The highest BCUT2D eigenvalue weighted by atomic mass is 35.5. The zero-order chi connectivity index (χ0) is 8.69. The van der Waals surface area contributed by atoms with Crippen LogP contribution in [-0.4, -0.2) is 29.9 Å². The Morgan fingerprint density at radius 2 is 1.82 bits per heavy atom. The summed E-state index contributed by atoms with van der Waals surface area (Å²) in [6.45, 7) is 11.2. The normalized spacial score (nSPS) is 13.0. The number of nitrogens with zero attached hydrogens (tertiary/aromatic N) is 1. The van der Waals surface area contributed by atoms with Crippen molar-refractivity contribution in [3.05, 3.63) is 25.3 Å². The third-order valence-electron chi connectivity index (χ3n) is 1.57. The third kappa shape index (κ3) is 4.23. The summed E-state index contributed by atoms with van der Waals surface area (Å²) in [4.78, 5) is 2.22. The van der Waals surface area contributed by atoms with E-state index in [1.54, 1.807) is 0 Å². The summed E-state index contributed by atoms with van der Waals surface area (Å²) >= 11 is 5.71. The van der Waals surface area contributed by atoms with Gasteiger partial charge in [0.2, 0.25) is 0 Å². The van der Waals surface area contributed by atoms with Gasteiger partial charge in [-0.1, -0.05) is 12.2 Å². The lowest BCUT2D eigenvalue weighted by Gasteiger charge is -2.24. The first-order chi connectivity index (χ1) is 5.26. The molecule has 0 rings (SSSR count). The fraction of sp³-hybridized carbons (Fsp3) is 0.556. The van der Waals surface area contributed by atoms with Gasteiger partial charge in [0.05, 0.1) is 0 Å². The number of hydrogen-bond acceptors (Lipinski definition) is 1. The van der Waals surface area contributed by atoms with Crippen molar-refractivity contribution in [3.63, 3.8) is 0 Å². The zero-order valence-corrected chi connectivity index (χ0v) is 7.85. The predicted molar refractivity (Wildman–Crippen MR) is 52.1 cm³/mol. The fourth-order valence-electron chi connectivity index (χ4n) is 0.864. The number of alkyl halides is 1. The van der Waals surface area contributed by atoms with Crippen LogP contribution in [-0.2, 0) is 0 Å². The summed E-state index contributed by atoms with van der Waals surface area (Å²) in [6.07, 6.45) is 3.76. The quantitative estimate of drug-likeness (QED) is 0.440. The highest BCUT2D eigenvalue weighted by Gasteiger charge is 2.08. The van der Waals surface area contributed by atoms with E-state index in [1.165, 1.54) is 0 Å². The maximum absolute atomic E-state index is 5.71. The Morgan fingerprint density at radius 1 is 1.36 bits per heavy atom. The van der Waals surface area contributed by atoms with Gasteiger partial charge < -0.3 is 0 Å². The molecule has 0 radical (unpaired) electrons. The average Bonchev–Trinajstić information content (AvgIpc) is 2.03. The first-order valence-corrected chi connectivity index (χ1v) is 4.31. The molecule has 64 valence electrons. The summed E-state index contributed by atoms with van der Waals surface area (Å²) in [5.41, 5.74) is 0. The maximum atomic E-state index is 5.71. The summed E-state index contributed by atoms with van der Waals surface area (Å²) in [6, 6.07) is 0.396. The molecule has 1 atom stereocenters. The number of rotatable bonds is 6. The van der Waals surface area contributed by atoms with E-state index in [9.17, 15) is 0 Å². The molecule has 0 aromatic heterocycles. The molecule has 0 amide bonds. The average molecular weight is 174 g/mol. The second-order valence-corrected chi connectivity index (χ2v) is 2.84. The SMILES string of the molecule is C=CCN(CC=C)C(C)CCl. The van der Waals surface area contributed by atoms with Crippen molar-refractivity contribution in [3.8, 4) is 0 Å². The van der Waals surface area contributed by atoms with Gasteiger partial charge >= 0.3 is 0 Å². The molecule has 0 saturated heterocycles. The van der Waals surface area contributed by atoms with Gasteiger partial charge in [0.25, 0.3) is 0 Å². The molecule has 0 saturated carbocycles. The van der Waals surface area contributed by atoms with E-state index in [-0.39, 0.29) is 0 Å². The number of hydrogen-bond donors (Lipinski definition) is 0. The van der Waals surface area contributed by atoms with Crippen LogP contribution in [0.4, 0.5) is 0 Å². The first-order valence-electron chi connectivity index (χ1n) is 3.78. The standard InChI is InChI=1S/C9H16ClN/c1-4-6-11(7-5-2)9(3)8-10/h4-5,9H,1-2,6-8H2,3H3. The van der Waals surface area contributed by atoms with E-state index in [1.807, 2.05) is 12.2 Å². The second kappa shape index (κ2) is 6.44. The molecule has 0 aromatic carbocycles. The van der Waals surface area contributed by atoms with E-state index in [0.29, 0.717) is 11.9 Å². The minimum absolute atomic E-state index is 0.396. The Morgan fingerprint density at radius 3 is 2.09 bits per heavy atom. The van der Waals surface area contributed by atoms with Crippen LogP contribution in [0, 0.1) is 0 Å². The molecule has 0 N–H and O–H groups in total. The summed E-state index contributed by atoms with van der Waals surface area (Å²) in [5.74, 6) is 0.654. The third-order valence-corrected chi connectivity index (χ3v) is 2.02. The molecule has 0 heterocycles. The van der Waals surface area contributed by atoms with Crippen molar-refractivity contribution < 1.29 is 0 Å². The van der Waals surface area contributed by atoms with Crippen molar-refractivity contribution in [1.29, 1.82) is 0 Å². The molecule has 0 aliphatic carbocycles. The minimum atomic E-state index is 0.396. The molecule has 0 aliphatic heterocycles. The van der Waals surface area contributed by atoms with Crippen LogP contribution in [0.25, 0.3) is 0 Å². The van der Waals surface area contributed by atoms with E-state index in [0.717, 1.165) is 13.1 Å². The van der Waals surface area contributed by atoms with Gasteiger partial charge in [0.15, 0.2) is 0 Å². The van der Waals surface area contributed by atoms with Crippen molar-refractivity contribution in [1.82, 2.24) is 4.90 Å². The molecule has 2 heteroatoms. The van der Waals surface area contributed by atoms with Crippen LogP contribution < -0.4 is 0 Å². The monoisotopic (exact) mass is 173 g/mol. The molecule has 1 nitrogen and oxygen atoms in total. The van der Waals surface area contributed by atoms with E-state index in [4.69, 9.17) is 11.6 Å². The van der Waals surface area contributed by atoms with Gasteiger partial charge in [-0.3, -0.25) is 4.90 Å². The summed E-state index contributed by atoms with van der Waals surface area (Å²) < 4.78 is 0. The van der Waals surface area contributed by atoms with Crippen LogP contribution in [0.3, 0.4) is 0 Å². The van der Waals surface area contributed by atoms with E-state index < -0.39 is 0 Å². The molecule has 0 spiro atoms. The largest absolute Gasteiger partial charge is 0.292 e. The van der Waals surface area contributed by atoms with Crippen molar-refractivity contribution in [2.75, 3.05) is 19.0 Å². The molecule has 0 aliphatic rings. The van der Waals surface area contributed by atoms with Crippen LogP contribution in [0.5, 0.6) is 0 Å². The van der Waals surface area contributed by atoms with Gasteiger partial charge in [-0.2, -0.15) is 0 Å². The van der Waals surface area contributed by atoms with Crippen molar-refractivity contribution in [2.45, 2.75) is 13.0 Å². The second-order valence-electron chi connectivity index (χ2n) is 2.53. The Balaban J connectivity index is 3.84. The molecule has 0 fully saturated rings. The maximum Gasteiger partial charge on any atom is 0.0377 e. The lowest BCUT2D eigenvalue weighted by atomic mass is 10.3. The van der Waals surface area contributed by atoms with Gasteiger partial charge in [-0.25, -0.2) is 0 Å². The fourth-order valence-corrected chi connectivity index (χ4v) is 1.06. The Labute approximate surface area is 74.3 Å². The Bertz CT molecular complexity index is 113. The lowest BCUT2D eigenvalue weighted by molar-refractivity contribution is 0.276. The number of halogens is 1. The lowest BCUT2D eigenvalue weighted by Crippen LogP contribution is -2.34. The van der Waals surface area contributed by atoms with Crippen molar-refractivity contribution in [2.24, 2.45) is 0 Å². The zero-order valence-electron chi connectivity index (χ0n) is 7.09. The predicted octanol–water partition coefficient (Wildman–Crippen LogP) is 2.29.